The lowest BCUT2D eigenvalue weighted by Gasteiger charge is -2.04. The molecule has 0 heterocycles. The number of allylic oxidation sites excluding steroid dienone is 2. The van der Waals surface area contributed by atoms with Crippen molar-refractivity contribution in [2.45, 2.75) is 20.8 Å². The van der Waals surface area contributed by atoms with Crippen LogP contribution in [0.25, 0.3) is 5.57 Å². The minimum absolute atomic E-state index is 0.430. The van der Waals surface area contributed by atoms with Crippen molar-refractivity contribution in [1.82, 2.24) is 0 Å². The summed E-state index contributed by atoms with van der Waals surface area (Å²) in [7, 11) is 0. The Hall–Kier alpha value is -1.08. The summed E-state index contributed by atoms with van der Waals surface area (Å²) in [6.07, 6.45) is 1.44. The Morgan fingerprint density at radius 1 is 1.29 bits per heavy atom. The zero-order chi connectivity index (χ0) is 10.7. The number of halogens is 1. The van der Waals surface area contributed by atoms with Gasteiger partial charge in [-0.05, 0) is 54.6 Å². The molecule has 0 aliphatic heterocycles. The Kier molecular flexibility index (Phi) is 3.48. The summed E-state index contributed by atoms with van der Waals surface area (Å²) >= 11 is 5.28. The van der Waals surface area contributed by atoms with Crippen LogP contribution in [0.5, 0.6) is 0 Å². The van der Waals surface area contributed by atoms with E-state index in [-0.39, 0.29) is 0 Å². The quantitative estimate of drug-likeness (QED) is 0.537. The first-order chi connectivity index (χ1) is 6.50. The fourth-order valence-electron chi connectivity index (χ4n) is 1.24. The van der Waals surface area contributed by atoms with Crippen molar-refractivity contribution in [2.24, 2.45) is 0 Å². The number of aryl methyl sites for hydroxylation is 2. The molecule has 0 unspecified atom stereocenters. The van der Waals surface area contributed by atoms with Crippen molar-refractivity contribution in [3.63, 3.8) is 0 Å². The molecule has 0 aromatic heterocycles. The Balaban J connectivity index is 3.09. The van der Waals surface area contributed by atoms with E-state index in [0.717, 1.165) is 11.1 Å². The van der Waals surface area contributed by atoms with Gasteiger partial charge in [0.2, 0.25) is 5.24 Å². The second-order valence-corrected chi connectivity index (χ2v) is 3.80. The Labute approximate surface area is 89.4 Å². The van der Waals surface area contributed by atoms with Gasteiger partial charge in [0, 0.05) is 6.08 Å². The fraction of sp³-hybridized carbons (Fsp3) is 0.250. The van der Waals surface area contributed by atoms with Gasteiger partial charge < -0.3 is 0 Å². The molecule has 0 radical (unpaired) electrons. The Morgan fingerprint density at radius 2 is 1.93 bits per heavy atom. The number of carbonyl (C=O) groups excluding carboxylic acids is 1. The van der Waals surface area contributed by atoms with Gasteiger partial charge in [0.1, 0.15) is 0 Å². The zero-order valence-electron chi connectivity index (χ0n) is 8.60. The van der Waals surface area contributed by atoms with Crippen LogP contribution < -0.4 is 0 Å². The minimum atomic E-state index is -0.430. The molecule has 0 aliphatic carbocycles. The third kappa shape index (κ3) is 2.71. The highest BCUT2D eigenvalue weighted by Crippen LogP contribution is 2.17. The smallest absolute Gasteiger partial charge is 0.245 e. The number of rotatable bonds is 2. The molecule has 74 valence electrons. The summed E-state index contributed by atoms with van der Waals surface area (Å²) < 4.78 is 0. The maximum absolute atomic E-state index is 10.7. The molecule has 0 saturated carbocycles. The number of hydrogen-bond donors (Lipinski definition) is 0. The van der Waals surface area contributed by atoms with Crippen molar-refractivity contribution in [2.75, 3.05) is 0 Å². The minimum Gasteiger partial charge on any atom is -0.276 e. The highest BCUT2D eigenvalue weighted by atomic mass is 35.5. The van der Waals surface area contributed by atoms with Crippen LogP contribution in [0.1, 0.15) is 23.6 Å². The predicted molar refractivity (Wildman–Crippen MR) is 60.4 cm³/mol. The van der Waals surface area contributed by atoms with Gasteiger partial charge in [0.15, 0.2) is 0 Å². The SMILES string of the molecule is C/C(=C/C(=O)Cl)c1ccc(C)c(C)c1. The second-order valence-electron chi connectivity index (χ2n) is 3.43. The van der Waals surface area contributed by atoms with Crippen molar-refractivity contribution in [1.29, 1.82) is 0 Å². The molecule has 0 amide bonds. The molecule has 0 fully saturated rings. The molecular weight excluding hydrogens is 196 g/mol. The van der Waals surface area contributed by atoms with Gasteiger partial charge in [-0.1, -0.05) is 18.2 Å². The van der Waals surface area contributed by atoms with Gasteiger partial charge in [-0.15, -0.1) is 0 Å². The zero-order valence-corrected chi connectivity index (χ0v) is 9.35. The maximum atomic E-state index is 10.7. The lowest BCUT2D eigenvalue weighted by molar-refractivity contribution is -0.107. The summed E-state index contributed by atoms with van der Waals surface area (Å²) in [5.74, 6) is 0. The van der Waals surface area contributed by atoms with Gasteiger partial charge in [-0.3, -0.25) is 4.79 Å². The van der Waals surface area contributed by atoms with E-state index in [2.05, 4.69) is 19.9 Å². The van der Waals surface area contributed by atoms with Crippen LogP contribution in [-0.2, 0) is 4.79 Å². The molecule has 1 aromatic carbocycles. The van der Waals surface area contributed by atoms with Crippen LogP contribution in [0.2, 0.25) is 0 Å². The van der Waals surface area contributed by atoms with E-state index in [1.807, 2.05) is 19.1 Å². The van der Waals surface area contributed by atoms with Crippen LogP contribution in [0.4, 0.5) is 0 Å². The summed E-state index contributed by atoms with van der Waals surface area (Å²) in [6.45, 7) is 5.99. The first kappa shape index (κ1) is 11.0. The van der Waals surface area contributed by atoms with E-state index in [1.165, 1.54) is 17.2 Å². The van der Waals surface area contributed by atoms with E-state index >= 15 is 0 Å². The van der Waals surface area contributed by atoms with E-state index in [0.29, 0.717) is 0 Å². The van der Waals surface area contributed by atoms with Gasteiger partial charge >= 0.3 is 0 Å². The van der Waals surface area contributed by atoms with Gasteiger partial charge in [-0.25, -0.2) is 0 Å². The second kappa shape index (κ2) is 4.43. The van der Waals surface area contributed by atoms with Gasteiger partial charge in [0.05, 0.1) is 0 Å². The Bertz CT molecular complexity index is 391. The maximum Gasteiger partial charge on any atom is 0.245 e. The third-order valence-electron chi connectivity index (χ3n) is 2.29. The van der Waals surface area contributed by atoms with E-state index in [1.54, 1.807) is 0 Å². The van der Waals surface area contributed by atoms with Crippen LogP contribution in [0, 0.1) is 13.8 Å². The molecular formula is C12H13ClO. The Morgan fingerprint density at radius 3 is 2.43 bits per heavy atom. The highest BCUT2D eigenvalue weighted by molar-refractivity contribution is 6.66. The van der Waals surface area contributed by atoms with Gasteiger partial charge in [-0.2, -0.15) is 0 Å². The number of benzene rings is 1. The molecule has 0 N–H and O–H groups in total. The average molecular weight is 209 g/mol. The molecule has 1 aromatic rings. The molecule has 1 rings (SSSR count). The first-order valence-corrected chi connectivity index (χ1v) is 4.84. The summed E-state index contributed by atoms with van der Waals surface area (Å²) in [6, 6.07) is 6.09. The molecule has 0 aliphatic rings. The number of hydrogen-bond acceptors (Lipinski definition) is 1. The molecule has 1 nitrogen and oxygen atoms in total. The largest absolute Gasteiger partial charge is 0.276 e. The monoisotopic (exact) mass is 208 g/mol. The fourth-order valence-corrected chi connectivity index (χ4v) is 1.40. The molecule has 14 heavy (non-hydrogen) atoms. The lowest BCUT2D eigenvalue weighted by atomic mass is 10.0. The summed E-state index contributed by atoms with van der Waals surface area (Å²) in [4.78, 5) is 10.7. The van der Waals surface area contributed by atoms with Crippen molar-refractivity contribution in [3.05, 3.63) is 41.0 Å². The van der Waals surface area contributed by atoms with E-state index < -0.39 is 5.24 Å². The summed E-state index contributed by atoms with van der Waals surface area (Å²) in [5, 5.41) is -0.430. The lowest BCUT2D eigenvalue weighted by Crippen LogP contribution is -1.87. The van der Waals surface area contributed by atoms with Crippen LogP contribution >= 0.6 is 11.6 Å². The van der Waals surface area contributed by atoms with Crippen molar-refractivity contribution in [3.8, 4) is 0 Å². The first-order valence-electron chi connectivity index (χ1n) is 4.46. The predicted octanol–water partition coefficient (Wildman–Crippen LogP) is 3.47. The third-order valence-corrected chi connectivity index (χ3v) is 2.40. The normalized spacial score (nSPS) is 11.6. The van der Waals surface area contributed by atoms with E-state index in [9.17, 15) is 4.79 Å². The van der Waals surface area contributed by atoms with Crippen LogP contribution in [-0.4, -0.2) is 5.24 Å². The standard InChI is InChI=1S/C12H13ClO/c1-8-4-5-11(6-9(8)2)10(3)7-12(13)14/h4-7H,1-3H3/b10-7-. The molecule has 0 spiro atoms. The molecule has 2 heteroatoms. The number of carbonyl (C=O) groups is 1. The highest BCUT2D eigenvalue weighted by Gasteiger charge is 1.99. The average Bonchev–Trinajstić information content (AvgIpc) is 2.08. The topological polar surface area (TPSA) is 17.1 Å². The van der Waals surface area contributed by atoms with Crippen molar-refractivity contribution >= 4 is 22.4 Å². The van der Waals surface area contributed by atoms with E-state index in [4.69, 9.17) is 11.6 Å². The summed E-state index contributed by atoms with van der Waals surface area (Å²) in [5.41, 5.74) is 4.41. The van der Waals surface area contributed by atoms with Gasteiger partial charge in [0.25, 0.3) is 0 Å². The molecule has 0 atom stereocenters. The molecule has 0 bridgehead atoms. The molecule has 0 saturated heterocycles. The van der Waals surface area contributed by atoms with Crippen LogP contribution in [0.15, 0.2) is 24.3 Å². The van der Waals surface area contributed by atoms with Crippen LogP contribution in [0.3, 0.4) is 0 Å². The van der Waals surface area contributed by atoms with Crippen molar-refractivity contribution < 1.29 is 4.79 Å².